The number of ether oxygens (including phenoxy) is 1. The Hall–Kier alpha value is -0.530. The second-order valence-electron chi connectivity index (χ2n) is 5.33. The quantitative estimate of drug-likeness (QED) is 0.668. The maximum atomic E-state index is 11.8. The lowest BCUT2D eigenvalue weighted by molar-refractivity contribution is -0.160. The molecule has 0 aromatic carbocycles. The summed E-state index contributed by atoms with van der Waals surface area (Å²) in [6.45, 7) is 0. The van der Waals surface area contributed by atoms with Gasteiger partial charge in [-0.25, -0.2) is 0 Å². The standard InChI is InChI=1S/C13H22O2/c1-15-12(14)13(8-5-9-13)10-11-6-3-2-4-7-11/h11H,2-10H2,1H3. The second-order valence-corrected chi connectivity index (χ2v) is 5.33. The lowest BCUT2D eigenvalue weighted by Crippen LogP contribution is -2.40. The molecule has 0 N–H and O–H groups in total. The molecule has 2 aliphatic rings. The average Bonchev–Trinajstić information content (AvgIpc) is 2.24. The Balaban J connectivity index is 1.92. The van der Waals surface area contributed by atoms with Gasteiger partial charge in [0.1, 0.15) is 0 Å². The molecular formula is C13H22O2. The fourth-order valence-electron chi connectivity index (χ4n) is 3.26. The van der Waals surface area contributed by atoms with Crippen molar-refractivity contribution in [2.75, 3.05) is 7.11 Å². The molecule has 15 heavy (non-hydrogen) atoms. The summed E-state index contributed by atoms with van der Waals surface area (Å²) in [6, 6.07) is 0. The minimum Gasteiger partial charge on any atom is -0.469 e. The molecule has 86 valence electrons. The summed E-state index contributed by atoms with van der Waals surface area (Å²) >= 11 is 0. The first-order valence-electron chi connectivity index (χ1n) is 6.35. The average molecular weight is 210 g/mol. The molecule has 2 aliphatic carbocycles. The van der Waals surface area contributed by atoms with E-state index in [4.69, 9.17) is 4.74 Å². The Labute approximate surface area is 92.4 Å². The maximum absolute atomic E-state index is 11.8. The zero-order chi connectivity index (χ0) is 10.7. The van der Waals surface area contributed by atoms with Crippen molar-refractivity contribution in [3.8, 4) is 0 Å². The van der Waals surface area contributed by atoms with Gasteiger partial charge >= 0.3 is 5.97 Å². The summed E-state index contributed by atoms with van der Waals surface area (Å²) in [4.78, 5) is 11.8. The number of carbonyl (C=O) groups is 1. The minimum absolute atomic E-state index is 0.0549. The number of carbonyl (C=O) groups excluding carboxylic acids is 1. The highest BCUT2D eigenvalue weighted by atomic mass is 16.5. The Kier molecular flexibility index (Phi) is 3.32. The van der Waals surface area contributed by atoms with Crippen LogP contribution in [0, 0.1) is 11.3 Å². The van der Waals surface area contributed by atoms with E-state index in [2.05, 4.69) is 0 Å². The van der Waals surface area contributed by atoms with Crippen LogP contribution in [-0.2, 0) is 9.53 Å². The van der Waals surface area contributed by atoms with Gasteiger partial charge in [0.05, 0.1) is 12.5 Å². The normalized spacial score (nSPS) is 25.7. The number of methoxy groups -OCH3 is 1. The molecule has 0 atom stereocenters. The van der Waals surface area contributed by atoms with Crippen molar-refractivity contribution < 1.29 is 9.53 Å². The highest BCUT2D eigenvalue weighted by molar-refractivity contribution is 5.77. The van der Waals surface area contributed by atoms with Crippen LogP contribution in [0.5, 0.6) is 0 Å². The van der Waals surface area contributed by atoms with Gasteiger partial charge in [-0.3, -0.25) is 4.79 Å². The molecule has 0 saturated heterocycles. The maximum Gasteiger partial charge on any atom is 0.311 e. The second kappa shape index (κ2) is 4.54. The molecule has 0 heterocycles. The van der Waals surface area contributed by atoms with Crippen LogP contribution in [0.2, 0.25) is 0 Å². The topological polar surface area (TPSA) is 26.3 Å². The molecule has 0 aromatic rings. The number of rotatable bonds is 3. The van der Waals surface area contributed by atoms with Crippen LogP contribution in [0.15, 0.2) is 0 Å². The minimum atomic E-state index is -0.0727. The van der Waals surface area contributed by atoms with E-state index in [0.29, 0.717) is 0 Å². The summed E-state index contributed by atoms with van der Waals surface area (Å²) < 4.78 is 4.96. The summed E-state index contributed by atoms with van der Waals surface area (Å²) in [6.07, 6.45) is 11.2. The van der Waals surface area contributed by atoms with Crippen molar-refractivity contribution in [2.24, 2.45) is 11.3 Å². The summed E-state index contributed by atoms with van der Waals surface area (Å²) in [7, 11) is 1.53. The lowest BCUT2D eigenvalue weighted by Gasteiger charge is -2.42. The van der Waals surface area contributed by atoms with E-state index in [0.717, 1.165) is 25.2 Å². The first kappa shape index (κ1) is 11.0. The van der Waals surface area contributed by atoms with Gasteiger partial charge in [0.25, 0.3) is 0 Å². The van der Waals surface area contributed by atoms with E-state index in [9.17, 15) is 4.79 Å². The number of hydrogen-bond donors (Lipinski definition) is 0. The van der Waals surface area contributed by atoms with E-state index >= 15 is 0 Å². The number of esters is 1. The predicted molar refractivity (Wildman–Crippen MR) is 59.5 cm³/mol. The van der Waals surface area contributed by atoms with Crippen LogP contribution in [0.25, 0.3) is 0 Å². The van der Waals surface area contributed by atoms with Crippen LogP contribution in [-0.4, -0.2) is 13.1 Å². The van der Waals surface area contributed by atoms with E-state index in [1.54, 1.807) is 0 Å². The van der Waals surface area contributed by atoms with E-state index in [-0.39, 0.29) is 11.4 Å². The van der Waals surface area contributed by atoms with Crippen LogP contribution in [0.3, 0.4) is 0 Å². The summed E-state index contributed by atoms with van der Waals surface area (Å²) in [5.41, 5.74) is -0.0727. The molecule has 0 aromatic heterocycles. The lowest BCUT2D eigenvalue weighted by atomic mass is 9.62. The van der Waals surface area contributed by atoms with Gasteiger partial charge in [0.2, 0.25) is 0 Å². The van der Waals surface area contributed by atoms with Crippen LogP contribution >= 0.6 is 0 Å². The van der Waals surface area contributed by atoms with Gasteiger partial charge < -0.3 is 4.74 Å². The fourth-order valence-corrected chi connectivity index (χ4v) is 3.26. The molecule has 0 amide bonds. The largest absolute Gasteiger partial charge is 0.469 e. The highest BCUT2D eigenvalue weighted by Crippen LogP contribution is 2.48. The molecule has 0 unspecified atom stereocenters. The Morgan fingerprint density at radius 1 is 1.20 bits per heavy atom. The first-order chi connectivity index (χ1) is 7.27. The van der Waals surface area contributed by atoms with Crippen LogP contribution < -0.4 is 0 Å². The third kappa shape index (κ3) is 2.19. The van der Waals surface area contributed by atoms with Gasteiger partial charge in [0, 0.05) is 0 Å². The van der Waals surface area contributed by atoms with Crippen molar-refractivity contribution in [3.05, 3.63) is 0 Å². The molecule has 2 saturated carbocycles. The molecular weight excluding hydrogens is 188 g/mol. The predicted octanol–water partition coefficient (Wildman–Crippen LogP) is 3.30. The zero-order valence-corrected chi connectivity index (χ0v) is 9.76. The Morgan fingerprint density at radius 3 is 2.33 bits per heavy atom. The molecule has 2 fully saturated rings. The van der Waals surface area contributed by atoms with Crippen molar-refractivity contribution in [1.29, 1.82) is 0 Å². The van der Waals surface area contributed by atoms with Crippen LogP contribution in [0.4, 0.5) is 0 Å². The van der Waals surface area contributed by atoms with Crippen molar-refractivity contribution in [3.63, 3.8) is 0 Å². The molecule has 2 heteroatoms. The summed E-state index contributed by atoms with van der Waals surface area (Å²) in [5.74, 6) is 0.845. The molecule has 2 nitrogen and oxygen atoms in total. The highest BCUT2D eigenvalue weighted by Gasteiger charge is 2.46. The van der Waals surface area contributed by atoms with E-state index < -0.39 is 0 Å². The third-order valence-electron chi connectivity index (χ3n) is 4.33. The van der Waals surface area contributed by atoms with Crippen LogP contribution in [0.1, 0.15) is 57.8 Å². The van der Waals surface area contributed by atoms with Gasteiger partial charge in [-0.05, 0) is 25.2 Å². The molecule has 0 bridgehead atoms. The third-order valence-corrected chi connectivity index (χ3v) is 4.33. The Bertz CT molecular complexity index is 225. The van der Waals surface area contributed by atoms with E-state index in [1.165, 1.54) is 45.6 Å². The smallest absolute Gasteiger partial charge is 0.311 e. The van der Waals surface area contributed by atoms with Gasteiger partial charge in [-0.2, -0.15) is 0 Å². The zero-order valence-electron chi connectivity index (χ0n) is 9.76. The van der Waals surface area contributed by atoms with Crippen molar-refractivity contribution in [2.45, 2.75) is 57.8 Å². The molecule has 0 spiro atoms. The van der Waals surface area contributed by atoms with Crippen molar-refractivity contribution >= 4 is 5.97 Å². The molecule has 2 rings (SSSR count). The molecule has 0 radical (unpaired) electrons. The summed E-state index contributed by atoms with van der Waals surface area (Å²) in [5, 5.41) is 0. The first-order valence-corrected chi connectivity index (χ1v) is 6.35. The van der Waals surface area contributed by atoms with Gasteiger partial charge in [-0.1, -0.05) is 38.5 Å². The van der Waals surface area contributed by atoms with Gasteiger partial charge in [-0.15, -0.1) is 0 Å². The van der Waals surface area contributed by atoms with Crippen molar-refractivity contribution in [1.82, 2.24) is 0 Å². The Morgan fingerprint density at radius 2 is 1.87 bits per heavy atom. The fraction of sp³-hybridized carbons (Fsp3) is 0.923. The van der Waals surface area contributed by atoms with E-state index in [1.807, 2.05) is 0 Å². The molecule has 0 aliphatic heterocycles. The van der Waals surface area contributed by atoms with Gasteiger partial charge in [0.15, 0.2) is 0 Å². The SMILES string of the molecule is COC(=O)C1(CC2CCCCC2)CCC1. The number of hydrogen-bond acceptors (Lipinski definition) is 2. The monoisotopic (exact) mass is 210 g/mol.